The summed E-state index contributed by atoms with van der Waals surface area (Å²) in [6, 6.07) is 9.61. The number of urea groups is 1. The van der Waals surface area contributed by atoms with Crippen LogP contribution in [0.2, 0.25) is 0 Å². The molecule has 0 bridgehead atoms. The number of esters is 1. The molecule has 1 aliphatic rings. The first kappa shape index (κ1) is 16.9. The van der Waals surface area contributed by atoms with Gasteiger partial charge in [-0.05, 0) is 12.5 Å². The number of benzene rings is 1. The van der Waals surface area contributed by atoms with Gasteiger partial charge in [-0.15, -0.1) is 0 Å². The van der Waals surface area contributed by atoms with Gasteiger partial charge in [0, 0.05) is 19.0 Å². The van der Waals surface area contributed by atoms with Crippen molar-refractivity contribution in [3.8, 4) is 0 Å². The third-order valence-corrected chi connectivity index (χ3v) is 4.31. The molecule has 0 radical (unpaired) electrons. The highest BCUT2D eigenvalue weighted by Gasteiger charge is 2.40. The number of aromatic nitrogens is 2. The monoisotopic (exact) mass is 344 g/mol. The molecule has 8 heteroatoms. The average molecular weight is 344 g/mol. The van der Waals surface area contributed by atoms with Crippen LogP contribution in [0.4, 0.5) is 4.79 Å². The first-order chi connectivity index (χ1) is 12.1. The summed E-state index contributed by atoms with van der Waals surface area (Å²) in [4.78, 5) is 29.6. The van der Waals surface area contributed by atoms with Gasteiger partial charge < -0.3 is 19.5 Å². The number of likely N-dealkylation sites (tertiary alicyclic amines) is 1. The predicted octanol–water partition coefficient (Wildman–Crippen LogP) is 1.44. The summed E-state index contributed by atoms with van der Waals surface area (Å²) in [7, 11) is 1.28. The van der Waals surface area contributed by atoms with E-state index in [9.17, 15) is 9.59 Å². The predicted molar refractivity (Wildman–Crippen MR) is 87.9 cm³/mol. The van der Waals surface area contributed by atoms with Gasteiger partial charge in [0.1, 0.15) is 6.54 Å². The summed E-state index contributed by atoms with van der Waals surface area (Å²) in [6.07, 6.45) is 0. The quantitative estimate of drug-likeness (QED) is 0.843. The molecule has 1 fully saturated rings. The minimum atomic E-state index is -0.490. The maximum Gasteiger partial charge on any atom is 0.325 e. The molecule has 2 heterocycles. The standard InChI is InChI=1S/C17H20N4O4/c1-11-19-16(25-20-11)14-10-21(17(23)18-8-15(22)24-2)9-13(14)12-6-4-3-5-7-12/h3-7,13-14H,8-10H2,1-2H3,(H,18,23)/t13-,14-/m0/s1. The maximum atomic E-state index is 12.4. The zero-order valence-corrected chi connectivity index (χ0v) is 14.1. The number of aryl methyl sites for hydroxylation is 1. The Balaban J connectivity index is 1.78. The van der Waals surface area contributed by atoms with Crippen LogP contribution in [0.25, 0.3) is 0 Å². The third-order valence-electron chi connectivity index (χ3n) is 4.31. The molecule has 2 aromatic rings. The number of amides is 2. The largest absolute Gasteiger partial charge is 0.468 e. The van der Waals surface area contributed by atoms with Gasteiger partial charge in [0.05, 0.1) is 13.0 Å². The van der Waals surface area contributed by atoms with Gasteiger partial charge in [0.25, 0.3) is 0 Å². The average Bonchev–Trinajstić information content (AvgIpc) is 3.26. The fourth-order valence-corrected chi connectivity index (χ4v) is 3.05. The molecule has 2 amide bonds. The van der Waals surface area contributed by atoms with Gasteiger partial charge in [-0.1, -0.05) is 35.5 Å². The highest BCUT2D eigenvalue weighted by molar-refractivity contribution is 5.81. The lowest BCUT2D eigenvalue weighted by Gasteiger charge is -2.17. The summed E-state index contributed by atoms with van der Waals surface area (Å²) in [6.45, 7) is 2.55. The molecule has 0 aliphatic carbocycles. The molecule has 0 spiro atoms. The van der Waals surface area contributed by atoms with Crippen LogP contribution < -0.4 is 5.32 Å². The van der Waals surface area contributed by atoms with Crippen LogP contribution in [0, 0.1) is 6.92 Å². The lowest BCUT2D eigenvalue weighted by atomic mass is 9.89. The Bertz CT molecular complexity index is 746. The fourth-order valence-electron chi connectivity index (χ4n) is 3.05. The van der Waals surface area contributed by atoms with Gasteiger partial charge in [0.15, 0.2) is 5.82 Å². The van der Waals surface area contributed by atoms with Crippen LogP contribution in [0.15, 0.2) is 34.9 Å². The van der Waals surface area contributed by atoms with Crippen molar-refractivity contribution in [2.75, 3.05) is 26.7 Å². The second kappa shape index (κ2) is 7.33. The zero-order chi connectivity index (χ0) is 17.8. The first-order valence-corrected chi connectivity index (χ1v) is 8.03. The van der Waals surface area contributed by atoms with Gasteiger partial charge >= 0.3 is 12.0 Å². The Morgan fingerprint density at radius 1 is 1.28 bits per heavy atom. The maximum absolute atomic E-state index is 12.4. The van der Waals surface area contributed by atoms with E-state index in [1.165, 1.54) is 7.11 Å². The fraction of sp³-hybridized carbons (Fsp3) is 0.412. The van der Waals surface area contributed by atoms with Crippen molar-refractivity contribution in [2.24, 2.45) is 0 Å². The van der Waals surface area contributed by atoms with Crippen LogP contribution in [-0.4, -0.2) is 53.8 Å². The van der Waals surface area contributed by atoms with E-state index in [2.05, 4.69) is 20.2 Å². The molecule has 0 unspecified atom stereocenters. The topological polar surface area (TPSA) is 97.6 Å². The van der Waals surface area contributed by atoms with Crippen molar-refractivity contribution in [1.82, 2.24) is 20.4 Å². The van der Waals surface area contributed by atoms with Gasteiger partial charge in [0.2, 0.25) is 5.89 Å². The van der Waals surface area contributed by atoms with E-state index in [0.29, 0.717) is 24.8 Å². The van der Waals surface area contributed by atoms with Crippen molar-refractivity contribution in [1.29, 1.82) is 0 Å². The number of ether oxygens (including phenoxy) is 1. The molecule has 1 N–H and O–H groups in total. The summed E-state index contributed by atoms with van der Waals surface area (Å²) in [5.74, 6) is 0.554. The lowest BCUT2D eigenvalue weighted by molar-refractivity contribution is -0.139. The zero-order valence-electron chi connectivity index (χ0n) is 14.1. The molecule has 1 saturated heterocycles. The molecule has 132 valence electrons. The molecule has 25 heavy (non-hydrogen) atoms. The van der Waals surface area contributed by atoms with E-state index < -0.39 is 5.97 Å². The number of rotatable bonds is 4. The third kappa shape index (κ3) is 3.78. The molecule has 1 aromatic heterocycles. The van der Waals surface area contributed by atoms with Crippen LogP contribution >= 0.6 is 0 Å². The summed E-state index contributed by atoms with van der Waals surface area (Å²) < 4.78 is 9.89. The van der Waals surface area contributed by atoms with Crippen molar-refractivity contribution in [2.45, 2.75) is 18.8 Å². The molecule has 2 atom stereocenters. The van der Waals surface area contributed by atoms with Crippen LogP contribution in [0.3, 0.4) is 0 Å². The SMILES string of the molecule is COC(=O)CNC(=O)N1C[C@H](c2nc(C)no2)[C@H](c2ccccc2)C1. The first-order valence-electron chi connectivity index (χ1n) is 8.03. The Morgan fingerprint density at radius 3 is 2.64 bits per heavy atom. The Kier molecular flexibility index (Phi) is 4.97. The van der Waals surface area contributed by atoms with Crippen molar-refractivity contribution in [3.05, 3.63) is 47.6 Å². The number of hydrogen-bond donors (Lipinski definition) is 1. The Hall–Kier alpha value is -2.90. The number of carbonyl (C=O) groups excluding carboxylic acids is 2. The summed E-state index contributed by atoms with van der Waals surface area (Å²) in [5, 5.41) is 6.43. The molecular formula is C17H20N4O4. The minimum absolute atomic E-state index is 0.0462. The van der Waals surface area contributed by atoms with E-state index in [-0.39, 0.29) is 24.4 Å². The molecule has 3 rings (SSSR count). The van der Waals surface area contributed by atoms with E-state index in [0.717, 1.165) is 5.56 Å². The second-order valence-corrected chi connectivity index (χ2v) is 5.94. The molecule has 0 saturated carbocycles. The smallest absolute Gasteiger partial charge is 0.325 e. The Labute approximate surface area is 145 Å². The summed E-state index contributed by atoms with van der Waals surface area (Å²) in [5.41, 5.74) is 1.10. The van der Waals surface area contributed by atoms with E-state index >= 15 is 0 Å². The molecule has 1 aromatic carbocycles. The van der Waals surface area contributed by atoms with Crippen molar-refractivity contribution >= 4 is 12.0 Å². The lowest BCUT2D eigenvalue weighted by Crippen LogP contribution is -2.41. The number of carbonyl (C=O) groups is 2. The normalized spacial score (nSPS) is 19.7. The molecular weight excluding hydrogens is 324 g/mol. The molecule has 1 aliphatic heterocycles. The van der Waals surface area contributed by atoms with Gasteiger partial charge in [-0.3, -0.25) is 4.79 Å². The number of hydrogen-bond acceptors (Lipinski definition) is 6. The van der Waals surface area contributed by atoms with Crippen LogP contribution in [-0.2, 0) is 9.53 Å². The van der Waals surface area contributed by atoms with Gasteiger partial charge in [-0.2, -0.15) is 4.98 Å². The van der Waals surface area contributed by atoms with Crippen molar-refractivity contribution in [3.63, 3.8) is 0 Å². The number of nitrogens with zero attached hydrogens (tertiary/aromatic N) is 3. The minimum Gasteiger partial charge on any atom is -0.468 e. The second-order valence-electron chi connectivity index (χ2n) is 5.94. The van der Waals surface area contributed by atoms with Gasteiger partial charge in [-0.25, -0.2) is 4.79 Å². The van der Waals surface area contributed by atoms with Crippen LogP contribution in [0.1, 0.15) is 29.1 Å². The Morgan fingerprint density at radius 2 is 2.00 bits per heavy atom. The summed E-state index contributed by atoms with van der Waals surface area (Å²) >= 11 is 0. The van der Waals surface area contributed by atoms with E-state index in [4.69, 9.17) is 4.52 Å². The number of nitrogens with one attached hydrogen (secondary N) is 1. The van der Waals surface area contributed by atoms with Crippen LogP contribution in [0.5, 0.6) is 0 Å². The van der Waals surface area contributed by atoms with E-state index in [1.807, 2.05) is 30.3 Å². The number of methoxy groups -OCH3 is 1. The highest BCUT2D eigenvalue weighted by atomic mass is 16.5. The van der Waals surface area contributed by atoms with Crippen molar-refractivity contribution < 1.29 is 18.8 Å². The molecule has 8 nitrogen and oxygen atoms in total. The highest BCUT2D eigenvalue weighted by Crippen LogP contribution is 2.38. The van der Waals surface area contributed by atoms with E-state index in [1.54, 1.807) is 11.8 Å².